The van der Waals surface area contributed by atoms with Crippen LogP contribution in [0.5, 0.6) is 0 Å². The number of unbranched alkanes of at least 4 members (excludes halogenated alkanes) is 1. The molecule has 0 unspecified atom stereocenters. The number of hydrogen-bond donors (Lipinski definition) is 1. The molecule has 0 aromatic carbocycles. The third-order valence-electron chi connectivity index (χ3n) is 6.89. The lowest BCUT2D eigenvalue weighted by Gasteiger charge is -2.34. The minimum Gasteiger partial charge on any atom is -0.465 e. The van der Waals surface area contributed by atoms with Crippen LogP contribution in [0.2, 0.25) is 0 Å². The molecule has 1 N–H and O–H groups in total. The molecule has 2 saturated heterocycles. The number of ether oxygens (including phenoxy) is 2. The molecule has 0 radical (unpaired) electrons. The van der Waals surface area contributed by atoms with Crippen LogP contribution in [0.4, 0.5) is 4.79 Å². The zero-order valence-electron chi connectivity index (χ0n) is 23.1. The zero-order chi connectivity index (χ0) is 27.4. The van der Waals surface area contributed by atoms with Crippen LogP contribution in [0.15, 0.2) is 0 Å². The van der Waals surface area contributed by atoms with Crippen molar-refractivity contribution < 1.29 is 28.7 Å². The molecule has 0 spiro atoms. The van der Waals surface area contributed by atoms with Crippen molar-refractivity contribution in [1.29, 1.82) is 0 Å². The Morgan fingerprint density at radius 2 is 1.78 bits per heavy atom. The van der Waals surface area contributed by atoms with Crippen LogP contribution in [0.1, 0.15) is 79.1 Å². The fourth-order valence-electron chi connectivity index (χ4n) is 4.61. The predicted molar refractivity (Wildman–Crippen MR) is 140 cm³/mol. The molecule has 0 aromatic heterocycles. The zero-order valence-corrected chi connectivity index (χ0v) is 23.1. The van der Waals surface area contributed by atoms with Gasteiger partial charge in [-0.25, -0.2) is 4.79 Å². The summed E-state index contributed by atoms with van der Waals surface area (Å²) < 4.78 is 10.6. The number of likely N-dealkylation sites (tertiary alicyclic amines) is 2. The summed E-state index contributed by atoms with van der Waals surface area (Å²) >= 11 is 0. The third kappa shape index (κ3) is 10.6. The summed E-state index contributed by atoms with van der Waals surface area (Å²) in [5.74, 6) is 1.04. The lowest BCUT2D eigenvalue weighted by atomic mass is 9.91. The van der Waals surface area contributed by atoms with E-state index >= 15 is 0 Å². The maximum atomic E-state index is 12.9. The highest BCUT2D eigenvalue weighted by atomic mass is 16.6. The van der Waals surface area contributed by atoms with Gasteiger partial charge in [0, 0.05) is 39.1 Å². The number of amides is 3. The molecule has 2 atom stereocenters. The van der Waals surface area contributed by atoms with E-state index in [1.54, 1.807) is 9.80 Å². The highest BCUT2D eigenvalue weighted by Crippen LogP contribution is 2.25. The number of hydrogen-bond acceptors (Lipinski definition) is 6. The fourth-order valence-corrected chi connectivity index (χ4v) is 4.61. The second-order valence-corrected chi connectivity index (χ2v) is 11.1. The summed E-state index contributed by atoms with van der Waals surface area (Å²) in [6, 6.07) is 0. The van der Waals surface area contributed by atoms with Crippen molar-refractivity contribution in [3.05, 3.63) is 0 Å². The molecule has 2 fully saturated rings. The van der Waals surface area contributed by atoms with E-state index in [1.807, 2.05) is 27.7 Å². The van der Waals surface area contributed by atoms with E-state index < -0.39 is 17.5 Å². The van der Waals surface area contributed by atoms with Gasteiger partial charge in [-0.2, -0.15) is 0 Å². The number of esters is 1. The summed E-state index contributed by atoms with van der Waals surface area (Å²) in [5, 5.41) is 2.78. The first-order valence-corrected chi connectivity index (χ1v) is 13.7. The molecule has 0 aliphatic carbocycles. The van der Waals surface area contributed by atoms with Crippen molar-refractivity contribution in [3.63, 3.8) is 0 Å². The Kier molecular flexibility index (Phi) is 12.2. The van der Waals surface area contributed by atoms with Crippen LogP contribution in [0.25, 0.3) is 0 Å². The molecule has 2 rings (SSSR count). The Balaban J connectivity index is 1.72. The van der Waals surface area contributed by atoms with E-state index in [-0.39, 0.29) is 30.4 Å². The molecule has 3 amide bonds. The van der Waals surface area contributed by atoms with Crippen molar-refractivity contribution in [3.8, 4) is 12.3 Å². The number of terminal acetylenes is 1. The van der Waals surface area contributed by atoms with Gasteiger partial charge in [0.1, 0.15) is 11.5 Å². The summed E-state index contributed by atoms with van der Waals surface area (Å²) in [4.78, 5) is 53.5. The van der Waals surface area contributed by atoms with Gasteiger partial charge < -0.3 is 24.6 Å². The molecular weight excluding hydrogens is 474 g/mol. The summed E-state index contributed by atoms with van der Waals surface area (Å²) in [6.07, 6.45) is 11.3. The van der Waals surface area contributed by atoms with Gasteiger partial charge in [-0.15, -0.1) is 6.42 Å². The molecule has 0 aromatic rings. The normalized spacial score (nSPS) is 19.5. The maximum Gasteiger partial charge on any atom is 0.410 e. The molecule has 37 heavy (non-hydrogen) atoms. The highest BCUT2D eigenvalue weighted by Gasteiger charge is 2.31. The Morgan fingerprint density at radius 3 is 2.41 bits per heavy atom. The third-order valence-corrected chi connectivity index (χ3v) is 6.89. The van der Waals surface area contributed by atoms with Crippen molar-refractivity contribution in [2.75, 3.05) is 39.3 Å². The number of rotatable bonds is 10. The standard InChI is InChI=1S/C28H45N3O6/c1-6-8-18-36-26(34)22(7-2)19-29-25(33)23-10-9-15-31(20-23)24(32)12-11-21-13-16-30(17-14-21)27(35)37-28(3,4)5/h2,21-23H,6,8-20H2,1,3-5H3,(H,29,33)/t22-,23+/m0/s1. The maximum absolute atomic E-state index is 12.9. The van der Waals surface area contributed by atoms with Crippen LogP contribution in [0.3, 0.4) is 0 Å². The van der Waals surface area contributed by atoms with E-state index in [9.17, 15) is 19.2 Å². The molecule has 9 heteroatoms. The van der Waals surface area contributed by atoms with Crippen LogP contribution in [0, 0.1) is 30.1 Å². The predicted octanol–water partition coefficient (Wildman–Crippen LogP) is 3.36. The first-order chi connectivity index (χ1) is 17.5. The van der Waals surface area contributed by atoms with Crippen molar-refractivity contribution in [2.45, 2.75) is 84.7 Å². The van der Waals surface area contributed by atoms with Crippen molar-refractivity contribution in [1.82, 2.24) is 15.1 Å². The average Bonchev–Trinajstić information content (AvgIpc) is 2.87. The molecule has 2 aliphatic rings. The van der Waals surface area contributed by atoms with Gasteiger partial charge in [-0.3, -0.25) is 14.4 Å². The van der Waals surface area contributed by atoms with E-state index in [1.165, 1.54) is 0 Å². The van der Waals surface area contributed by atoms with Crippen LogP contribution in [-0.4, -0.2) is 78.6 Å². The SMILES string of the molecule is C#C[C@@H](CNC(=O)[C@@H]1CCCN(C(=O)CCC2CCN(C(=O)OC(C)(C)C)CC2)C1)C(=O)OCCCC. The lowest BCUT2D eigenvalue weighted by molar-refractivity contribution is -0.146. The summed E-state index contributed by atoms with van der Waals surface area (Å²) in [5.41, 5.74) is -0.507. The molecule has 0 bridgehead atoms. The number of carbonyl (C=O) groups is 4. The Labute approximate surface area is 222 Å². The second kappa shape index (κ2) is 14.8. The number of nitrogens with one attached hydrogen (secondary N) is 1. The average molecular weight is 520 g/mol. The van der Waals surface area contributed by atoms with E-state index in [2.05, 4.69) is 11.2 Å². The van der Waals surface area contributed by atoms with Gasteiger partial charge >= 0.3 is 12.1 Å². The number of nitrogens with zero attached hydrogens (tertiary/aromatic N) is 2. The first kappa shape index (κ1) is 30.5. The minimum absolute atomic E-state index is 0.0345. The van der Waals surface area contributed by atoms with Gasteiger partial charge in [-0.05, 0) is 65.2 Å². The quantitative estimate of drug-likeness (QED) is 0.270. The fraction of sp³-hybridized carbons (Fsp3) is 0.786. The first-order valence-electron chi connectivity index (χ1n) is 13.7. The van der Waals surface area contributed by atoms with Crippen LogP contribution < -0.4 is 5.32 Å². The summed E-state index contributed by atoms with van der Waals surface area (Å²) in [7, 11) is 0. The van der Waals surface area contributed by atoms with Gasteiger partial charge in [0.05, 0.1) is 12.5 Å². The van der Waals surface area contributed by atoms with Crippen LogP contribution >= 0.6 is 0 Å². The van der Waals surface area contributed by atoms with Crippen molar-refractivity contribution >= 4 is 23.9 Å². The highest BCUT2D eigenvalue weighted by molar-refractivity contribution is 5.82. The van der Waals surface area contributed by atoms with E-state index in [0.29, 0.717) is 51.5 Å². The van der Waals surface area contributed by atoms with Gasteiger partial charge in [0.2, 0.25) is 11.8 Å². The molecule has 9 nitrogen and oxygen atoms in total. The Morgan fingerprint density at radius 1 is 1.08 bits per heavy atom. The van der Waals surface area contributed by atoms with Crippen molar-refractivity contribution in [2.24, 2.45) is 17.8 Å². The molecule has 2 aliphatic heterocycles. The smallest absolute Gasteiger partial charge is 0.410 e. The second-order valence-electron chi connectivity index (χ2n) is 11.1. The Bertz CT molecular complexity index is 823. The molecular formula is C28H45N3O6. The van der Waals surface area contributed by atoms with Gasteiger partial charge in [0.15, 0.2) is 0 Å². The monoisotopic (exact) mass is 519 g/mol. The Hall–Kier alpha value is -2.76. The van der Waals surface area contributed by atoms with Crippen LogP contribution in [-0.2, 0) is 23.9 Å². The molecule has 0 saturated carbocycles. The minimum atomic E-state index is -0.816. The molecule has 2 heterocycles. The number of carbonyl (C=O) groups excluding carboxylic acids is 4. The topological polar surface area (TPSA) is 105 Å². The largest absolute Gasteiger partial charge is 0.465 e. The number of piperidine rings is 2. The van der Waals surface area contributed by atoms with Gasteiger partial charge in [0.25, 0.3) is 0 Å². The summed E-state index contributed by atoms with van der Waals surface area (Å²) in [6.45, 7) is 10.3. The molecule has 208 valence electrons. The van der Waals surface area contributed by atoms with Gasteiger partial charge in [-0.1, -0.05) is 19.3 Å². The van der Waals surface area contributed by atoms with E-state index in [0.717, 1.165) is 38.5 Å². The lowest BCUT2D eigenvalue weighted by Crippen LogP contribution is -2.46. The van der Waals surface area contributed by atoms with E-state index in [4.69, 9.17) is 15.9 Å².